The Morgan fingerprint density at radius 1 is 0.517 bits per heavy atom. The molecule has 0 fully saturated rings. The Labute approximate surface area is 358 Å². The number of unbranched alkanes of at least 4 members (excludes halogenated alkanes) is 26. The van der Waals surface area contributed by atoms with E-state index in [2.05, 4.69) is 38.2 Å². The highest BCUT2D eigenvalue weighted by atomic mass is 16.6. The summed E-state index contributed by atoms with van der Waals surface area (Å²) in [7, 11) is 5.53. The summed E-state index contributed by atoms with van der Waals surface area (Å²) in [5, 5.41) is 9.64. The number of esters is 2. The van der Waals surface area contributed by atoms with Gasteiger partial charge in [-0.3, -0.25) is 9.59 Å². The van der Waals surface area contributed by atoms with Crippen molar-refractivity contribution in [2.24, 2.45) is 0 Å². The number of hydrogen-bond acceptors (Lipinski definition) is 6. The van der Waals surface area contributed by atoms with Gasteiger partial charge in [0.15, 0.2) is 12.1 Å². The fourth-order valence-electron chi connectivity index (χ4n) is 7.30. The summed E-state index contributed by atoms with van der Waals surface area (Å²) in [5.74, 6) is -1.47. The average molecular weight is 821 g/mol. The minimum Gasteiger partial charge on any atom is -0.477 e. The fraction of sp³-hybridized carbons (Fsp3) is 0.860. The van der Waals surface area contributed by atoms with E-state index < -0.39 is 18.1 Å². The fourth-order valence-corrected chi connectivity index (χ4v) is 7.30. The third-order valence-electron chi connectivity index (χ3n) is 11.1. The van der Waals surface area contributed by atoms with Gasteiger partial charge in [0.05, 0.1) is 34.4 Å². The second-order valence-electron chi connectivity index (χ2n) is 17.7. The molecular formula is C50H94NO7+. The topological polar surface area (TPSA) is 99.1 Å². The lowest BCUT2D eigenvalue weighted by Gasteiger charge is -2.31. The zero-order valence-electron chi connectivity index (χ0n) is 38.8. The Bertz CT molecular complexity index is 1000. The first-order chi connectivity index (χ1) is 28.1. The Morgan fingerprint density at radius 3 is 1.34 bits per heavy atom. The first-order valence-electron chi connectivity index (χ1n) is 24.4. The predicted molar refractivity (Wildman–Crippen MR) is 243 cm³/mol. The molecular weight excluding hydrogens is 727 g/mol. The van der Waals surface area contributed by atoms with Crippen molar-refractivity contribution < 1.29 is 38.2 Å². The van der Waals surface area contributed by atoms with Crippen molar-refractivity contribution in [3.8, 4) is 0 Å². The minimum atomic E-state index is -0.875. The number of carbonyl (C=O) groups excluding carboxylic acids is 2. The number of carbonyl (C=O) groups is 3. The zero-order valence-corrected chi connectivity index (χ0v) is 38.8. The van der Waals surface area contributed by atoms with Gasteiger partial charge in [0.2, 0.25) is 0 Å². The molecule has 0 amide bonds. The van der Waals surface area contributed by atoms with Crippen molar-refractivity contribution in [3.05, 3.63) is 24.3 Å². The number of likely N-dealkylation sites (N-methyl/N-ethyl adjacent to an activating group) is 1. The van der Waals surface area contributed by atoms with Crippen LogP contribution in [0.4, 0.5) is 0 Å². The lowest BCUT2D eigenvalue weighted by atomic mass is 10.0. The molecule has 2 atom stereocenters. The summed E-state index contributed by atoms with van der Waals surface area (Å²) in [6.45, 7) is 4.74. The summed E-state index contributed by atoms with van der Waals surface area (Å²) < 4.78 is 17.3. The van der Waals surface area contributed by atoms with Gasteiger partial charge in [-0.2, -0.15) is 0 Å². The molecule has 0 aromatic heterocycles. The maximum Gasteiger partial charge on any atom is 0.362 e. The lowest BCUT2D eigenvalue weighted by Crippen LogP contribution is -2.50. The van der Waals surface area contributed by atoms with Crippen LogP contribution >= 0.6 is 0 Å². The van der Waals surface area contributed by atoms with Gasteiger partial charge in [0.25, 0.3) is 0 Å². The smallest absolute Gasteiger partial charge is 0.362 e. The third-order valence-corrected chi connectivity index (χ3v) is 11.1. The van der Waals surface area contributed by atoms with Gasteiger partial charge in [-0.25, -0.2) is 4.79 Å². The molecule has 0 saturated carbocycles. The Hall–Kier alpha value is -2.19. The van der Waals surface area contributed by atoms with Crippen molar-refractivity contribution in [2.45, 2.75) is 238 Å². The van der Waals surface area contributed by atoms with E-state index in [-0.39, 0.29) is 36.2 Å². The van der Waals surface area contributed by atoms with E-state index in [1.165, 1.54) is 128 Å². The van der Waals surface area contributed by atoms with Crippen LogP contribution in [0.5, 0.6) is 0 Å². The Kier molecular flexibility index (Phi) is 40.0. The summed E-state index contributed by atoms with van der Waals surface area (Å²) in [5.41, 5.74) is 0. The highest BCUT2D eigenvalue weighted by Crippen LogP contribution is 2.16. The first kappa shape index (κ1) is 55.8. The third kappa shape index (κ3) is 39.3. The van der Waals surface area contributed by atoms with Gasteiger partial charge in [-0.1, -0.05) is 186 Å². The van der Waals surface area contributed by atoms with Crippen molar-refractivity contribution in [2.75, 3.05) is 41.0 Å². The number of carboxylic acid groups (broad SMARTS) is 1. The van der Waals surface area contributed by atoms with Gasteiger partial charge in [0.1, 0.15) is 6.61 Å². The maximum absolute atomic E-state index is 12.7. The van der Waals surface area contributed by atoms with Crippen molar-refractivity contribution in [3.63, 3.8) is 0 Å². The molecule has 0 spiro atoms. The number of ether oxygens (including phenoxy) is 3. The largest absolute Gasteiger partial charge is 0.477 e. The molecule has 8 heteroatoms. The molecule has 0 aromatic rings. The SMILES string of the molecule is CCCCCC/C=C\C/C=C\CCCCCCCC(=O)OC(COCCC(C(=O)O)[N+](C)(C)C)COC(=O)CCCCCCCCCCCCCCCCCCCC. The van der Waals surface area contributed by atoms with Crippen LogP contribution < -0.4 is 0 Å². The van der Waals surface area contributed by atoms with Crippen LogP contribution in [-0.2, 0) is 28.6 Å². The molecule has 0 radical (unpaired) electrons. The number of hydrogen-bond donors (Lipinski definition) is 1. The zero-order chi connectivity index (χ0) is 42.8. The van der Waals surface area contributed by atoms with Crippen molar-refractivity contribution in [1.82, 2.24) is 0 Å². The standard InChI is InChI=1S/C50H93NO7/c1-6-8-10-12-14-16-18-20-22-24-25-27-28-30-32-34-36-38-40-48(52)57-45-46(44-56-43-42-47(50(54)55)51(3,4)5)58-49(53)41-39-37-35-33-31-29-26-23-21-19-17-15-13-11-9-7-2/h17,19,23,26,46-47H,6-16,18,20-22,24-25,27-45H2,1-5H3/p+1/b19-17-,26-23-. The summed E-state index contributed by atoms with van der Waals surface area (Å²) >= 11 is 0. The van der Waals surface area contributed by atoms with E-state index in [1.807, 2.05) is 21.1 Å². The van der Waals surface area contributed by atoms with Crippen molar-refractivity contribution in [1.29, 1.82) is 0 Å². The summed E-state index contributed by atoms with van der Waals surface area (Å²) in [4.78, 5) is 37.1. The Balaban J connectivity index is 4.27. The van der Waals surface area contributed by atoms with Crippen LogP contribution in [0.3, 0.4) is 0 Å². The Morgan fingerprint density at radius 2 is 0.914 bits per heavy atom. The number of allylic oxidation sites excluding steroid dienone is 4. The van der Waals surface area contributed by atoms with Gasteiger partial charge in [0, 0.05) is 19.3 Å². The maximum atomic E-state index is 12.7. The lowest BCUT2D eigenvalue weighted by molar-refractivity contribution is -0.887. The van der Waals surface area contributed by atoms with E-state index in [0.717, 1.165) is 64.2 Å². The quantitative estimate of drug-likeness (QED) is 0.0283. The molecule has 0 bridgehead atoms. The highest BCUT2D eigenvalue weighted by molar-refractivity contribution is 5.72. The molecule has 58 heavy (non-hydrogen) atoms. The van der Waals surface area contributed by atoms with Crippen LogP contribution in [0.25, 0.3) is 0 Å². The van der Waals surface area contributed by atoms with Gasteiger partial charge in [-0.15, -0.1) is 0 Å². The van der Waals surface area contributed by atoms with Crippen LogP contribution in [0.2, 0.25) is 0 Å². The molecule has 0 heterocycles. The molecule has 0 saturated heterocycles. The average Bonchev–Trinajstić information content (AvgIpc) is 3.18. The van der Waals surface area contributed by atoms with E-state index >= 15 is 0 Å². The van der Waals surface area contributed by atoms with Crippen molar-refractivity contribution >= 4 is 17.9 Å². The normalized spacial score (nSPS) is 13.1. The summed E-state index contributed by atoms with van der Waals surface area (Å²) in [6, 6.07) is -0.615. The number of carboxylic acids is 1. The van der Waals surface area contributed by atoms with Gasteiger partial charge < -0.3 is 23.8 Å². The molecule has 0 aromatic carbocycles. The molecule has 0 aliphatic rings. The monoisotopic (exact) mass is 821 g/mol. The van der Waals surface area contributed by atoms with E-state index in [4.69, 9.17) is 14.2 Å². The van der Waals surface area contributed by atoms with Crippen LogP contribution in [0.15, 0.2) is 24.3 Å². The van der Waals surface area contributed by atoms with Crippen LogP contribution in [-0.4, -0.2) is 80.6 Å². The highest BCUT2D eigenvalue weighted by Gasteiger charge is 2.31. The minimum absolute atomic E-state index is 0.0520. The number of rotatable bonds is 44. The molecule has 0 aliphatic carbocycles. The first-order valence-corrected chi connectivity index (χ1v) is 24.4. The molecule has 8 nitrogen and oxygen atoms in total. The molecule has 2 unspecified atom stereocenters. The molecule has 0 rings (SSSR count). The van der Waals surface area contributed by atoms with Gasteiger partial charge >= 0.3 is 17.9 Å². The molecule has 340 valence electrons. The molecule has 0 aliphatic heterocycles. The van der Waals surface area contributed by atoms with Crippen LogP contribution in [0.1, 0.15) is 226 Å². The second-order valence-corrected chi connectivity index (χ2v) is 17.7. The van der Waals surface area contributed by atoms with E-state index in [9.17, 15) is 19.5 Å². The number of quaternary nitrogens is 1. The van der Waals surface area contributed by atoms with E-state index in [0.29, 0.717) is 19.3 Å². The number of nitrogens with zero attached hydrogens (tertiary/aromatic N) is 1. The number of aliphatic carboxylic acids is 1. The molecule has 1 N–H and O–H groups in total. The predicted octanol–water partition coefficient (Wildman–Crippen LogP) is 13.6. The summed E-state index contributed by atoms with van der Waals surface area (Å²) in [6.07, 6.45) is 46.5. The van der Waals surface area contributed by atoms with E-state index in [1.54, 1.807) is 0 Å². The van der Waals surface area contributed by atoms with Crippen LogP contribution in [0, 0.1) is 0 Å². The second kappa shape index (κ2) is 41.5. The van der Waals surface area contributed by atoms with Gasteiger partial charge in [-0.05, 0) is 44.9 Å².